The van der Waals surface area contributed by atoms with E-state index in [1.807, 2.05) is 0 Å². The van der Waals surface area contributed by atoms with Crippen molar-refractivity contribution in [2.75, 3.05) is 6.61 Å². The second-order valence-corrected chi connectivity index (χ2v) is 0.516. The number of hydrogen-bond acceptors (Lipinski definition) is 2. The first-order chi connectivity index (χ1) is 2.41. The van der Waals surface area contributed by atoms with Gasteiger partial charge in [-0.15, -0.1) is 0 Å². The molecule has 3 heteroatoms. The van der Waals surface area contributed by atoms with Gasteiger partial charge in [-0.05, 0) is 6.92 Å². The number of carbonyl (C=O) groups excluding carboxylic acids is 1. The molecule has 6 heavy (non-hydrogen) atoms. The minimum Gasteiger partial charge on any atom is -0.653 e. The summed E-state index contributed by atoms with van der Waals surface area (Å²) in [6.45, 7) is 3.41. The molecule has 0 amide bonds. The zero-order chi connectivity index (χ0) is 4.12. The fourth-order valence-corrected chi connectivity index (χ4v) is 0.0589. The van der Waals surface area contributed by atoms with E-state index in [0.717, 1.165) is 0 Å². The summed E-state index contributed by atoms with van der Waals surface area (Å²) in [4.78, 5) is 9.06. The van der Waals surface area contributed by atoms with Crippen molar-refractivity contribution < 1.29 is 42.2 Å². The Kier molecular flexibility index (Phi) is 14.9. The minimum atomic E-state index is 0. The van der Waals surface area contributed by atoms with Gasteiger partial charge in [0.2, 0.25) is 0 Å². The van der Waals surface area contributed by atoms with Gasteiger partial charge in [-0.3, -0.25) is 0 Å². The average molecular weight is 162 g/mol. The van der Waals surface area contributed by atoms with Crippen LogP contribution in [0, 0.1) is 0 Å². The summed E-state index contributed by atoms with van der Waals surface area (Å²) in [5, 5.41) is 0. The van der Waals surface area contributed by atoms with E-state index in [0.29, 0.717) is 6.61 Å². The Labute approximate surface area is 62.1 Å². The second kappa shape index (κ2) is 9.13. The van der Waals surface area contributed by atoms with Crippen LogP contribution in [-0.4, -0.2) is 13.1 Å². The van der Waals surface area contributed by atoms with E-state index in [2.05, 4.69) is 4.74 Å². The van der Waals surface area contributed by atoms with Gasteiger partial charge in [-0.1, -0.05) is 6.47 Å². The molecule has 0 aromatic carbocycles. The fraction of sp³-hybridized carbons (Fsp3) is 0.667. The van der Waals surface area contributed by atoms with E-state index in [-0.39, 0.29) is 32.7 Å². The van der Waals surface area contributed by atoms with Gasteiger partial charge >= 0.3 is 0 Å². The molecule has 0 rings (SSSR count). The molecular weight excluding hydrogens is 157 g/mol. The van der Waals surface area contributed by atoms with Crippen LogP contribution in [0.3, 0.4) is 0 Å². The van der Waals surface area contributed by atoms with Gasteiger partial charge in [0.1, 0.15) is 0 Å². The predicted molar refractivity (Wildman–Crippen MR) is 17.3 cm³/mol. The Morgan fingerprint density at radius 2 is 2.33 bits per heavy atom. The minimum absolute atomic E-state index is 0. The van der Waals surface area contributed by atoms with Gasteiger partial charge in [0.05, 0.1) is 0 Å². The predicted octanol–water partition coefficient (Wildman–Crippen LogP) is 0.0876. The third-order valence-electron chi connectivity index (χ3n) is 0.203. The van der Waals surface area contributed by atoms with Gasteiger partial charge in [0.15, 0.2) is 0 Å². The molecule has 0 aromatic rings. The topological polar surface area (TPSA) is 26.3 Å². The molecule has 0 bridgehead atoms. The first-order valence-corrected chi connectivity index (χ1v) is 1.40. The third kappa shape index (κ3) is 8.82. The summed E-state index contributed by atoms with van der Waals surface area (Å²) < 4.78 is 4.03. The standard InChI is InChI=1S/C3H5O2.Y/c1-2-5-3-4;/h2H2,1H3;/q-1;. The second-order valence-electron chi connectivity index (χ2n) is 0.516. The Morgan fingerprint density at radius 1 is 1.83 bits per heavy atom. The van der Waals surface area contributed by atoms with Gasteiger partial charge in [-0.2, -0.15) is 0 Å². The molecule has 0 unspecified atom stereocenters. The molecule has 33 valence electrons. The zero-order valence-electron chi connectivity index (χ0n) is 3.60. The average Bonchev–Trinajstić information content (AvgIpc) is 1.41. The normalized spacial score (nSPS) is 5.50. The SMILES string of the molecule is CCO[C-]=O.[Y]. The van der Waals surface area contributed by atoms with Crippen molar-refractivity contribution in [1.29, 1.82) is 0 Å². The maximum atomic E-state index is 9.06. The molecule has 0 fully saturated rings. The van der Waals surface area contributed by atoms with Crippen LogP contribution < -0.4 is 0 Å². The number of ether oxygens (including phenoxy) is 1. The molecule has 0 aliphatic rings. The summed E-state index contributed by atoms with van der Waals surface area (Å²) in [6, 6.07) is 0. The van der Waals surface area contributed by atoms with Crippen LogP contribution in [0.2, 0.25) is 0 Å². The van der Waals surface area contributed by atoms with E-state index in [1.54, 1.807) is 6.92 Å². The largest absolute Gasteiger partial charge is 0.653 e. The van der Waals surface area contributed by atoms with E-state index >= 15 is 0 Å². The van der Waals surface area contributed by atoms with Crippen molar-refractivity contribution in [1.82, 2.24) is 0 Å². The first kappa shape index (κ1) is 9.76. The summed E-state index contributed by atoms with van der Waals surface area (Å²) >= 11 is 0. The monoisotopic (exact) mass is 162 g/mol. The molecule has 0 spiro atoms. The molecule has 0 saturated carbocycles. The summed E-state index contributed by atoms with van der Waals surface area (Å²) in [5.74, 6) is 0. The summed E-state index contributed by atoms with van der Waals surface area (Å²) in [7, 11) is 0. The van der Waals surface area contributed by atoms with Crippen molar-refractivity contribution in [3.05, 3.63) is 0 Å². The van der Waals surface area contributed by atoms with Crippen molar-refractivity contribution in [2.24, 2.45) is 0 Å². The van der Waals surface area contributed by atoms with E-state index < -0.39 is 0 Å². The van der Waals surface area contributed by atoms with Crippen LogP contribution >= 0.6 is 0 Å². The fourth-order valence-electron chi connectivity index (χ4n) is 0.0589. The Hall–Kier alpha value is 0.574. The van der Waals surface area contributed by atoms with Gasteiger partial charge in [-0.25, -0.2) is 0 Å². The summed E-state index contributed by atoms with van der Waals surface area (Å²) in [6.07, 6.45) is 0. The molecular formula is C3H5O2Y-. The van der Waals surface area contributed by atoms with Crippen LogP contribution in [0.5, 0.6) is 0 Å². The number of rotatable bonds is 2. The van der Waals surface area contributed by atoms with E-state index in [9.17, 15) is 0 Å². The molecule has 0 aliphatic carbocycles. The summed E-state index contributed by atoms with van der Waals surface area (Å²) in [5.41, 5.74) is 0. The molecule has 0 aliphatic heterocycles. The molecule has 1 radical (unpaired) electrons. The zero-order valence-corrected chi connectivity index (χ0v) is 6.44. The first-order valence-electron chi connectivity index (χ1n) is 1.40. The molecule has 0 saturated heterocycles. The van der Waals surface area contributed by atoms with E-state index in [4.69, 9.17) is 4.79 Å². The molecule has 0 atom stereocenters. The number of hydrogen-bond donors (Lipinski definition) is 0. The third-order valence-corrected chi connectivity index (χ3v) is 0.203. The van der Waals surface area contributed by atoms with Gasteiger partial charge in [0, 0.05) is 39.3 Å². The molecule has 0 heterocycles. The molecule has 2 nitrogen and oxygen atoms in total. The van der Waals surface area contributed by atoms with Crippen molar-refractivity contribution in [3.8, 4) is 0 Å². The Morgan fingerprint density at radius 3 is 2.33 bits per heavy atom. The van der Waals surface area contributed by atoms with Gasteiger partial charge < -0.3 is 9.53 Å². The van der Waals surface area contributed by atoms with Crippen LogP contribution in [-0.2, 0) is 42.2 Å². The Bertz CT molecular complexity index is 30.0. The van der Waals surface area contributed by atoms with Crippen LogP contribution in [0.15, 0.2) is 0 Å². The molecule has 0 N–H and O–H groups in total. The Balaban J connectivity index is 0. The smallest absolute Gasteiger partial charge is 0.0451 e. The van der Waals surface area contributed by atoms with Crippen LogP contribution in [0.4, 0.5) is 0 Å². The van der Waals surface area contributed by atoms with E-state index in [1.165, 1.54) is 6.47 Å². The van der Waals surface area contributed by atoms with Crippen molar-refractivity contribution >= 4 is 6.47 Å². The molecule has 0 aromatic heterocycles. The van der Waals surface area contributed by atoms with Gasteiger partial charge in [0.25, 0.3) is 0 Å². The maximum absolute atomic E-state index is 9.06. The van der Waals surface area contributed by atoms with Crippen LogP contribution in [0.1, 0.15) is 6.92 Å². The van der Waals surface area contributed by atoms with Crippen molar-refractivity contribution in [2.45, 2.75) is 6.92 Å². The van der Waals surface area contributed by atoms with Crippen LogP contribution in [0.25, 0.3) is 0 Å². The van der Waals surface area contributed by atoms with Crippen molar-refractivity contribution in [3.63, 3.8) is 0 Å². The maximum Gasteiger partial charge on any atom is 0.0451 e. The quantitative estimate of drug-likeness (QED) is 0.537.